The average Bonchev–Trinajstić information content (AvgIpc) is 2.80. The minimum atomic E-state index is -4.38. The molecule has 6 heteroatoms. The molecule has 0 spiro atoms. The highest BCUT2D eigenvalue weighted by molar-refractivity contribution is 7.11. The summed E-state index contributed by atoms with van der Waals surface area (Å²) in [6, 6.07) is 4.14. The molecule has 0 saturated carbocycles. The Morgan fingerprint density at radius 1 is 1.18 bits per heavy atom. The number of aromatic nitrogens is 1. The Bertz CT molecular complexity index is 517. The number of thiazole rings is 1. The van der Waals surface area contributed by atoms with Gasteiger partial charge in [-0.05, 0) is 12.1 Å². The van der Waals surface area contributed by atoms with Crippen LogP contribution in [0, 0.1) is 0 Å². The van der Waals surface area contributed by atoms with Gasteiger partial charge in [-0.25, -0.2) is 0 Å². The molecule has 0 fully saturated rings. The summed E-state index contributed by atoms with van der Waals surface area (Å²) in [4.78, 5) is 15.9. The zero-order valence-electron chi connectivity index (χ0n) is 8.36. The molecule has 88 valence electrons. The summed E-state index contributed by atoms with van der Waals surface area (Å²) in [6.45, 7) is 0. The first-order valence-electron chi connectivity index (χ1n) is 4.59. The van der Waals surface area contributed by atoms with Gasteiger partial charge < -0.3 is 0 Å². The first-order chi connectivity index (χ1) is 7.98. The van der Waals surface area contributed by atoms with Gasteiger partial charge >= 0.3 is 6.18 Å². The molecule has 0 N–H and O–H groups in total. The summed E-state index contributed by atoms with van der Waals surface area (Å²) >= 11 is 1.15. The molecule has 1 aromatic carbocycles. The smallest absolute Gasteiger partial charge is 0.288 e. The van der Waals surface area contributed by atoms with E-state index in [0.717, 1.165) is 23.5 Å². The number of hydrogen-bond acceptors (Lipinski definition) is 3. The zero-order valence-corrected chi connectivity index (χ0v) is 9.18. The summed E-state index contributed by atoms with van der Waals surface area (Å²) in [5.41, 5.74) is 0.956. The second-order valence-electron chi connectivity index (χ2n) is 3.27. The lowest BCUT2D eigenvalue weighted by Gasteiger charge is -2.06. The number of carbonyl (C=O) groups excluding carboxylic acids is 1. The Hall–Kier alpha value is -1.69. The molecule has 1 aromatic heterocycles. The monoisotopic (exact) mass is 257 g/mol. The quantitative estimate of drug-likeness (QED) is 0.772. The molecule has 0 unspecified atom stereocenters. The van der Waals surface area contributed by atoms with E-state index in [1.807, 2.05) is 0 Å². The Balaban J connectivity index is 2.28. The van der Waals surface area contributed by atoms with Gasteiger partial charge in [-0.1, -0.05) is 12.1 Å². The maximum atomic E-state index is 12.3. The molecule has 0 aliphatic rings. The van der Waals surface area contributed by atoms with Crippen molar-refractivity contribution in [1.29, 1.82) is 0 Å². The molecule has 17 heavy (non-hydrogen) atoms. The number of halogens is 3. The van der Waals surface area contributed by atoms with E-state index >= 15 is 0 Å². The average molecular weight is 257 g/mol. The van der Waals surface area contributed by atoms with Crippen LogP contribution in [0.1, 0.15) is 20.8 Å². The van der Waals surface area contributed by atoms with E-state index in [4.69, 9.17) is 0 Å². The van der Waals surface area contributed by atoms with E-state index in [0.29, 0.717) is 4.88 Å². The van der Waals surface area contributed by atoms with Gasteiger partial charge in [0.1, 0.15) is 0 Å². The molecule has 0 amide bonds. The van der Waals surface area contributed by atoms with E-state index in [2.05, 4.69) is 4.98 Å². The topological polar surface area (TPSA) is 30.0 Å². The number of benzene rings is 1. The number of nitrogens with zero attached hydrogens (tertiary/aromatic N) is 1. The van der Waals surface area contributed by atoms with Crippen molar-refractivity contribution in [2.75, 3.05) is 0 Å². The van der Waals surface area contributed by atoms with Crippen LogP contribution in [0.3, 0.4) is 0 Å². The van der Waals surface area contributed by atoms with Gasteiger partial charge in [-0.3, -0.25) is 9.78 Å². The van der Waals surface area contributed by atoms with Crippen molar-refractivity contribution in [2.24, 2.45) is 0 Å². The van der Waals surface area contributed by atoms with Crippen molar-refractivity contribution in [3.63, 3.8) is 0 Å². The molecule has 1 heterocycles. The Kier molecular flexibility index (Phi) is 2.97. The van der Waals surface area contributed by atoms with E-state index in [-0.39, 0.29) is 11.3 Å². The first-order valence-corrected chi connectivity index (χ1v) is 5.47. The lowest BCUT2D eigenvalue weighted by atomic mass is 10.1. The summed E-state index contributed by atoms with van der Waals surface area (Å²) in [5, 5.41) is 0. The van der Waals surface area contributed by atoms with Gasteiger partial charge in [0.15, 0.2) is 0 Å². The lowest BCUT2D eigenvalue weighted by molar-refractivity contribution is -0.137. The number of alkyl halides is 3. The molecule has 0 atom stereocenters. The maximum absolute atomic E-state index is 12.3. The third kappa shape index (κ3) is 2.52. The molecule has 0 saturated heterocycles. The molecule has 0 bridgehead atoms. The molecule has 2 aromatic rings. The summed E-state index contributed by atoms with van der Waals surface area (Å²) in [6.07, 6.45) is -2.99. The van der Waals surface area contributed by atoms with E-state index in [1.54, 1.807) is 0 Å². The Morgan fingerprint density at radius 2 is 1.82 bits per heavy atom. The molecular formula is C11H6F3NOS. The second-order valence-corrected chi connectivity index (χ2v) is 4.16. The summed E-state index contributed by atoms with van der Waals surface area (Å²) in [5.74, 6) is -0.318. The van der Waals surface area contributed by atoms with Crippen LogP contribution < -0.4 is 0 Å². The highest BCUT2D eigenvalue weighted by Crippen LogP contribution is 2.29. The van der Waals surface area contributed by atoms with Crippen molar-refractivity contribution in [1.82, 2.24) is 4.98 Å². The third-order valence-corrected chi connectivity index (χ3v) is 2.90. The zero-order chi connectivity index (χ0) is 12.5. The van der Waals surface area contributed by atoms with Crippen LogP contribution in [0.2, 0.25) is 0 Å². The number of rotatable bonds is 2. The van der Waals surface area contributed by atoms with E-state index in [1.165, 1.54) is 23.8 Å². The third-order valence-electron chi connectivity index (χ3n) is 2.13. The maximum Gasteiger partial charge on any atom is 0.416 e. The standard InChI is InChI=1S/C11H6F3NOS/c12-11(13,14)8-3-1-7(2-4-8)10(16)9-5-15-6-17-9/h1-6H. The number of ketones is 1. The van der Waals surface area contributed by atoms with Crippen molar-refractivity contribution in [3.05, 3.63) is 52.0 Å². The van der Waals surface area contributed by atoms with Crippen LogP contribution in [-0.4, -0.2) is 10.8 Å². The van der Waals surface area contributed by atoms with Crippen LogP contribution in [-0.2, 0) is 6.18 Å². The Labute approximate surface area is 98.7 Å². The molecule has 0 aliphatic carbocycles. The predicted molar refractivity (Wildman–Crippen MR) is 57.0 cm³/mol. The van der Waals surface area contributed by atoms with Crippen LogP contribution in [0.25, 0.3) is 0 Å². The Morgan fingerprint density at radius 3 is 2.29 bits per heavy atom. The fraction of sp³-hybridized carbons (Fsp3) is 0.0909. The largest absolute Gasteiger partial charge is 0.416 e. The van der Waals surface area contributed by atoms with Gasteiger partial charge in [0.05, 0.1) is 16.0 Å². The fourth-order valence-electron chi connectivity index (χ4n) is 1.28. The van der Waals surface area contributed by atoms with E-state index < -0.39 is 11.7 Å². The van der Waals surface area contributed by atoms with Crippen molar-refractivity contribution < 1.29 is 18.0 Å². The minimum absolute atomic E-state index is 0.224. The van der Waals surface area contributed by atoms with Crippen molar-refractivity contribution in [2.45, 2.75) is 6.18 Å². The predicted octanol–water partition coefficient (Wildman–Crippen LogP) is 3.39. The summed E-state index contributed by atoms with van der Waals surface area (Å²) in [7, 11) is 0. The van der Waals surface area contributed by atoms with Crippen LogP contribution in [0.5, 0.6) is 0 Å². The van der Waals surface area contributed by atoms with Gasteiger partial charge in [-0.2, -0.15) is 13.2 Å². The summed E-state index contributed by atoms with van der Waals surface area (Å²) < 4.78 is 36.9. The molecule has 0 radical (unpaired) electrons. The van der Waals surface area contributed by atoms with Gasteiger partial charge in [0.25, 0.3) is 0 Å². The molecule has 0 aliphatic heterocycles. The second kappa shape index (κ2) is 4.29. The van der Waals surface area contributed by atoms with Crippen molar-refractivity contribution in [3.8, 4) is 0 Å². The highest BCUT2D eigenvalue weighted by atomic mass is 32.1. The SMILES string of the molecule is O=C(c1ccc(C(F)(F)F)cc1)c1cncs1. The highest BCUT2D eigenvalue weighted by Gasteiger charge is 2.30. The fourth-order valence-corrected chi connectivity index (χ4v) is 1.86. The van der Waals surface area contributed by atoms with Crippen LogP contribution in [0.15, 0.2) is 36.0 Å². The van der Waals surface area contributed by atoms with Crippen LogP contribution >= 0.6 is 11.3 Å². The molecular weight excluding hydrogens is 251 g/mol. The van der Waals surface area contributed by atoms with Crippen molar-refractivity contribution >= 4 is 17.1 Å². The minimum Gasteiger partial charge on any atom is -0.288 e. The van der Waals surface area contributed by atoms with Gasteiger partial charge in [-0.15, -0.1) is 11.3 Å². The lowest BCUT2D eigenvalue weighted by Crippen LogP contribution is -2.06. The van der Waals surface area contributed by atoms with E-state index in [9.17, 15) is 18.0 Å². The van der Waals surface area contributed by atoms with Gasteiger partial charge in [0.2, 0.25) is 5.78 Å². The molecule has 2 rings (SSSR count). The van der Waals surface area contributed by atoms with Gasteiger partial charge in [0, 0.05) is 11.8 Å². The molecule has 2 nitrogen and oxygen atoms in total. The van der Waals surface area contributed by atoms with Crippen LogP contribution in [0.4, 0.5) is 13.2 Å². The number of carbonyl (C=O) groups is 1. The number of hydrogen-bond donors (Lipinski definition) is 0. The normalized spacial score (nSPS) is 11.5. The first kappa shape index (κ1) is 11.8.